The van der Waals surface area contributed by atoms with Gasteiger partial charge in [-0.05, 0) is 12.1 Å². The minimum atomic E-state index is -0.271. The van der Waals surface area contributed by atoms with Crippen molar-refractivity contribution in [1.82, 2.24) is 10.4 Å². The Kier molecular flexibility index (Phi) is 2.82. The molecule has 1 N–H and O–H groups in total. The normalized spacial score (nSPS) is 10.1. The molecule has 0 saturated carbocycles. The van der Waals surface area contributed by atoms with Crippen molar-refractivity contribution in [3.05, 3.63) is 29.3 Å². The Hall–Kier alpha value is -1.95. The lowest BCUT2D eigenvalue weighted by Gasteiger charge is -1.86. The standard InChI is InChI=1S/C9H7ClN4O2/c1-6(15)11-9-12-14(13-16-9)8-4-2-7(10)3-5-8/h2-5H,1H3/p+1. The van der Waals surface area contributed by atoms with Gasteiger partial charge < -0.3 is 0 Å². The van der Waals surface area contributed by atoms with Gasteiger partial charge in [0.15, 0.2) is 0 Å². The van der Waals surface area contributed by atoms with Crippen molar-refractivity contribution in [1.29, 1.82) is 0 Å². The molecule has 7 heteroatoms. The fourth-order valence-corrected chi connectivity index (χ4v) is 1.20. The lowest BCUT2D eigenvalue weighted by atomic mass is 10.3. The SMILES string of the molecule is CC(=O)Nc1n[n+](-c2ccc(Cl)cc2)no1. The van der Waals surface area contributed by atoms with Gasteiger partial charge in [-0.3, -0.25) is 14.6 Å². The van der Waals surface area contributed by atoms with Crippen molar-refractivity contribution in [2.75, 3.05) is 5.32 Å². The van der Waals surface area contributed by atoms with E-state index in [9.17, 15) is 4.79 Å². The maximum atomic E-state index is 10.7. The molecule has 0 fully saturated rings. The number of rotatable bonds is 2. The van der Waals surface area contributed by atoms with Crippen molar-refractivity contribution < 1.29 is 14.1 Å². The third-order valence-corrected chi connectivity index (χ3v) is 1.98. The fraction of sp³-hybridized carbons (Fsp3) is 0.111. The molecule has 0 bridgehead atoms. The average molecular weight is 240 g/mol. The number of aromatic nitrogens is 3. The smallest absolute Gasteiger partial charge is 0.275 e. The zero-order valence-corrected chi connectivity index (χ0v) is 9.10. The molecule has 0 unspecified atom stereocenters. The zero-order valence-electron chi connectivity index (χ0n) is 8.35. The van der Waals surface area contributed by atoms with E-state index in [1.54, 1.807) is 24.3 Å². The second kappa shape index (κ2) is 4.28. The molecule has 0 saturated heterocycles. The average Bonchev–Trinajstić information content (AvgIpc) is 2.66. The summed E-state index contributed by atoms with van der Waals surface area (Å²) in [5, 5.41) is 10.6. The molecule has 6 nitrogen and oxygen atoms in total. The minimum Gasteiger partial charge on any atom is -0.275 e. The number of halogens is 1. The van der Waals surface area contributed by atoms with Gasteiger partial charge in [0.1, 0.15) is 4.80 Å². The second-order valence-corrected chi connectivity index (χ2v) is 3.46. The number of hydrogen-bond donors (Lipinski definition) is 1. The Morgan fingerprint density at radius 1 is 1.44 bits per heavy atom. The van der Waals surface area contributed by atoms with E-state index in [4.69, 9.17) is 16.1 Å². The summed E-state index contributed by atoms with van der Waals surface area (Å²) in [6.07, 6.45) is 0. The molecule has 0 spiro atoms. The van der Waals surface area contributed by atoms with Gasteiger partial charge in [-0.2, -0.15) is 0 Å². The Labute approximate surface area is 95.8 Å². The van der Waals surface area contributed by atoms with E-state index in [-0.39, 0.29) is 11.9 Å². The number of amides is 1. The van der Waals surface area contributed by atoms with Gasteiger partial charge in [0, 0.05) is 24.1 Å². The largest absolute Gasteiger partial charge is 0.396 e. The van der Waals surface area contributed by atoms with Gasteiger partial charge in [0.2, 0.25) is 11.2 Å². The molecular formula is C9H8ClN4O2+. The highest BCUT2D eigenvalue weighted by Gasteiger charge is 2.17. The number of carbonyl (C=O) groups excluding carboxylic acids is 1. The molecule has 1 heterocycles. The van der Waals surface area contributed by atoms with Crippen molar-refractivity contribution in [2.24, 2.45) is 0 Å². The topological polar surface area (TPSA) is 71.9 Å². The predicted octanol–water partition coefficient (Wildman–Crippen LogP) is 0.958. The second-order valence-electron chi connectivity index (χ2n) is 3.03. The van der Waals surface area contributed by atoms with Crippen LogP contribution in [0, 0.1) is 0 Å². The Bertz CT molecular complexity index is 508. The summed E-state index contributed by atoms with van der Waals surface area (Å²) in [6.45, 7) is 1.36. The van der Waals surface area contributed by atoms with Crippen LogP contribution in [0.4, 0.5) is 6.01 Å². The van der Waals surface area contributed by atoms with Crippen LogP contribution in [0.25, 0.3) is 5.69 Å². The summed E-state index contributed by atoms with van der Waals surface area (Å²) in [4.78, 5) is 12.0. The molecule has 1 aromatic heterocycles. The van der Waals surface area contributed by atoms with Crippen LogP contribution in [0.5, 0.6) is 0 Å². The molecule has 0 aliphatic rings. The van der Waals surface area contributed by atoms with Gasteiger partial charge in [-0.15, -0.1) is 0 Å². The third kappa shape index (κ3) is 2.34. The molecule has 16 heavy (non-hydrogen) atoms. The Morgan fingerprint density at radius 2 is 2.12 bits per heavy atom. The van der Waals surface area contributed by atoms with E-state index in [1.807, 2.05) is 0 Å². The van der Waals surface area contributed by atoms with Crippen LogP contribution < -0.4 is 10.1 Å². The summed E-state index contributed by atoms with van der Waals surface area (Å²) in [6, 6.07) is 6.92. The lowest BCUT2D eigenvalue weighted by molar-refractivity contribution is -0.724. The third-order valence-electron chi connectivity index (χ3n) is 1.73. The number of benzene rings is 1. The summed E-state index contributed by atoms with van der Waals surface area (Å²) < 4.78 is 4.80. The van der Waals surface area contributed by atoms with Crippen LogP contribution in [0.1, 0.15) is 6.92 Å². The fourth-order valence-electron chi connectivity index (χ4n) is 1.08. The first-order chi connectivity index (χ1) is 7.65. The van der Waals surface area contributed by atoms with Gasteiger partial charge in [-0.1, -0.05) is 11.6 Å². The highest BCUT2D eigenvalue weighted by atomic mass is 35.5. The monoisotopic (exact) mass is 239 g/mol. The number of anilines is 1. The van der Waals surface area contributed by atoms with E-state index >= 15 is 0 Å². The van der Waals surface area contributed by atoms with Crippen LogP contribution >= 0.6 is 11.6 Å². The first kappa shape index (κ1) is 10.6. The van der Waals surface area contributed by atoms with E-state index in [0.29, 0.717) is 10.7 Å². The van der Waals surface area contributed by atoms with Gasteiger partial charge in [-0.25, -0.2) is 0 Å². The molecule has 82 valence electrons. The molecule has 0 atom stereocenters. The van der Waals surface area contributed by atoms with Crippen LogP contribution in [0.2, 0.25) is 5.02 Å². The van der Waals surface area contributed by atoms with Crippen molar-refractivity contribution in [3.8, 4) is 5.69 Å². The highest BCUT2D eigenvalue weighted by molar-refractivity contribution is 6.30. The van der Waals surface area contributed by atoms with Crippen LogP contribution in [-0.4, -0.2) is 16.3 Å². The van der Waals surface area contributed by atoms with Crippen molar-refractivity contribution in [2.45, 2.75) is 6.92 Å². The van der Waals surface area contributed by atoms with Crippen LogP contribution in [0.3, 0.4) is 0 Å². The quantitative estimate of drug-likeness (QED) is 0.793. The van der Waals surface area contributed by atoms with E-state index < -0.39 is 0 Å². The molecule has 1 amide bonds. The Morgan fingerprint density at radius 3 is 2.75 bits per heavy atom. The summed E-state index contributed by atoms with van der Waals surface area (Å²) in [5.41, 5.74) is 0.685. The molecular weight excluding hydrogens is 232 g/mol. The van der Waals surface area contributed by atoms with E-state index in [0.717, 1.165) is 0 Å². The summed E-state index contributed by atoms with van der Waals surface area (Å²) >= 11 is 5.74. The molecule has 0 aliphatic heterocycles. The summed E-state index contributed by atoms with van der Waals surface area (Å²) in [5.74, 6) is -0.271. The maximum Gasteiger partial charge on any atom is 0.396 e. The number of nitrogens with one attached hydrogen (secondary N) is 1. The zero-order chi connectivity index (χ0) is 11.5. The van der Waals surface area contributed by atoms with Crippen LogP contribution in [-0.2, 0) is 4.79 Å². The molecule has 2 aromatic rings. The maximum absolute atomic E-state index is 10.7. The molecule has 0 radical (unpaired) electrons. The first-order valence-corrected chi connectivity index (χ1v) is 4.83. The Balaban J connectivity index is 2.24. The lowest BCUT2D eigenvalue weighted by Crippen LogP contribution is -2.35. The van der Waals surface area contributed by atoms with E-state index in [1.165, 1.54) is 11.7 Å². The number of nitrogens with zero attached hydrogens (tertiary/aromatic N) is 3. The van der Waals surface area contributed by atoms with Crippen molar-refractivity contribution >= 4 is 23.5 Å². The molecule has 0 aliphatic carbocycles. The van der Waals surface area contributed by atoms with Crippen LogP contribution in [0.15, 0.2) is 28.8 Å². The van der Waals surface area contributed by atoms with E-state index in [2.05, 4.69) is 15.7 Å². The van der Waals surface area contributed by atoms with Crippen molar-refractivity contribution in [3.63, 3.8) is 0 Å². The minimum absolute atomic E-state index is 0.0439. The number of hydrogen-bond acceptors (Lipinski definition) is 4. The number of carbonyl (C=O) groups is 1. The molecule has 1 aromatic carbocycles. The van der Waals surface area contributed by atoms with Gasteiger partial charge >= 0.3 is 6.01 Å². The first-order valence-electron chi connectivity index (χ1n) is 4.45. The molecule has 2 rings (SSSR count). The van der Waals surface area contributed by atoms with Gasteiger partial charge in [0.05, 0.1) is 5.10 Å². The summed E-state index contributed by atoms with van der Waals surface area (Å²) in [7, 11) is 0. The van der Waals surface area contributed by atoms with Gasteiger partial charge in [0.25, 0.3) is 5.69 Å². The predicted molar refractivity (Wildman–Crippen MR) is 55.1 cm³/mol. The highest BCUT2D eigenvalue weighted by Crippen LogP contribution is 2.08.